The minimum atomic E-state index is -0.0837. The molecule has 2 heteroatoms. The van der Waals surface area contributed by atoms with Crippen LogP contribution in [0.5, 0.6) is 0 Å². The zero-order valence-corrected chi connectivity index (χ0v) is 8.93. The van der Waals surface area contributed by atoms with Gasteiger partial charge in [0.05, 0.1) is 0 Å². The molecule has 0 fully saturated rings. The fourth-order valence-electron chi connectivity index (χ4n) is 1.12. The van der Waals surface area contributed by atoms with Gasteiger partial charge in [-0.2, -0.15) is 0 Å². The van der Waals surface area contributed by atoms with Crippen LogP contribution in [0.25, 0.3) is 0 Å². The Balaban J connectivity index is 2.51. The first kappa shape index (κ1) is 10.6. The molecule has 0 atom stereocenters. The molecule has 0 aliphatic rings. The molecular formula is C11H16ClN. The van der Waals surface area contributed by atoms with Crippen LogP contribution in [0.15, 0.2) is 24.3 Å². The molecule has 0 saturated heterocycles. The number of benzene rings is 1. The van der Waals surface area contributed by atoms with E-state index in [0.717, 1.165) is 17.9 Å². The molecular weight excluding hydrogens is 182 g/mol. The molecule has 1 nitrogen and oxygen atoms in total. The number of aryl methyl sites for hydroxylation is 1. The number of rotatable bonds is 3. The van der Waals surface area contributed by atoms with Gasteiger partial charge < -0.3 is 5.73 Å². The smallest absolute Gasteiger partial charge is 0.0406 e. The molecule has 0 amide bonds. The van der Waals surface area contributed by atoms with Crippen molar-refractivity contribution in [2.75, 3.05) is 0 Å². The summed E-state index contributed by atoms with van der Waals surface area (Å²) in [6.45, 7) is 4.09. The molecule has 1 aromatic rings. The summed E-state index contributed by atoms with van der Waals surface area (Å²) in [5, 5.41) is 0.788. The summed E-state index contributed by atoms with van der Waals surface area (Å²) in [6.07, 6.45) is 2.01. The SMILES string of the molecule is CC(C)(N)CCc1ccc(Cl)cc1. The Morgan fingerprint density at radius 3 is 2.23 bits per heavy atom. The minimum Gasteiger partial charge on any atom is -0.326 e. The zero-order chi connectivity index (χ0) is 9.90. The van der Waals surface area contributed by atoms with Crippen LogP contribution in [0.3, 0.4) is 0 Å². The Labute approximate surface area is 84.9 Å². The zero-order valence-electron chi connectivity index (χ0n) is 8.18. The summed E-state index contributed by atoms with van der Waals surface area (Å²) >= 11 is 5.78. The van der Waals surface area contributed by atoms with Crippen LogP contribution in [0.4, 0.5) is 0 Å². The van der Waals surface area contributed by atoms with Crippen LogP contribution in [0.1, 0.15) is 25.8 Å². The van der Waals surface area contributed by atoms with Gasteiger partial charge >= 0.3 is 0 Å². The van der Waals surface area contributed by atoms with Crippen LogP contribution in [-0.2, 0) is 6.42 Å². The van der Waals surface area contributed by atoms with Crippen molar-refractivity contribution < 1.29 is 0 Å². The first-order valence-electron chi connectivity index (χ1n) is 4.51. The molecule has 0 unspecified atom stereocenters. The Hall–Kier alpha value is -0.530. The first-order valence-corrected chi connectivity index (χ1v) is 4.88. The lowest BCUT2D eigenvalue weighted by Crippen LogP contribution is -2.32. The van der Waals surface area contributed by atoms with E-state index in [1.54, 1.807) is 0 Å². The predicted molar refractivity (Wildman–Crippen MR) is 58.0 cm³/mol. The van der Waals surface area contributed by atoms with Gasteiger partial charge in [0.2, 0.25) is 0 Å². The predicted octanol–water partition coefficient (Wildman–Crippen LogP) is 3.01. The van der Waals surface area contributed by atoms with E-state index in [9.17, 15) is 0 Å². The van der Waals surface area contributed by atoms with Gasteiger partial charge in [0.1, 0.15) is 0 Å². The maximum atomic E-state index is 5.89. The lowest BCUT2D eigenvalue weighted by Gasteiger charge is -2.17. The fraction of sp³-hybridized carbons (Fsp3) is 0.455. The van der Waals surface area contributed by atoms with Crippen molar-refractivity contribution in [3.63, 3.8) is 0 Å². The van der Waals surface area contributed by atoms with Crippen LogP contribution in [0, 0.1) is 0 Å². The van der Waals surface area contributed by atoms with E-state index >= 15 is 0 Å². The topological polar surface area (TPSA) is 26.0 Å². The molecule has 0 aliphatic carbocycles. The van der Waals surface area contributed by atoms with Crippen molar-refractivity contribution in [3.8, 4) is 0 Å². The summed E-state index contributed by atoms with van der Waals surface area (Å²) in [5.74, 6) is 0. The molecule has 0 aliphatic heterocycles. The Morgan fingerprint density at radius 1 is 1.23 bits per heavy atom. The van der Waals surface area contributed by atoms with Crippen LogP contribution < -0.4 is 5.73 Å². The maximum absolute atomic E-state index is 5.89. The minimum absolute atomic E-state index is 0.0837. The standard InChI is InChI=1S/C11H16ClN/c1-11(2,13)8-7-9-3-5-10(12)6-4-9/h3-6H,7-8,13H2,1-2H3. The molecule has 1 aromatic carbocycles. The number of halogens is 1. The fourth-order valence-corrected chi connectivity index (χ4v) is 1.24. The van der Waals surface area contributed by atoms with Gasteiger partial charge in [-0.25, -0.2) is 0 Å². The van der Waals surface area contributed by atoms with Gasteiger partial charge in [-0.3, -0.25) is 0 Å². The summed E-state index contributed by atoms with van der Waals surface area (Å²) in [6, 6.07) is 7.93. The van der Waals surface area contributed by atoms with Crippen LogP contribution in [-0.4, -0.2) is 5.54 Å². The Morgan fingerprint density at radius 2 is 1.77 bits per heavy atom. The van der Waals surface area contributed by atoms with E-state index in [1.165, 1.54) is 5.56 Å². The summed E-state index contributed by atoms with van der Waals surface area (Å²) in [5.41, 5.74) is 7.10. The van der Waals surface area contributed by atoms with Crippen molar-refractivity contribution in [1.29, 1.82) is 0 Å². The second kappa shape index (κ2) is 4.12. The van der Waals surface area contributed by atoms with Crippen LogP contribution in [0.2, 0.25) is 5.02 Å². The molecule has 1 rings (SSSR count). The molecule has 13 heavy (non-hydrogen) atoms. The molecule has 0 heterocycles. The third kappa shape index (κ3) is 4.30. The molecule has 0 bridgehead atoms. The normalized spacial score (nSPS) is 11.7. The quantitative estimate of drug-likeness (QED) is 0.792. The highest BCUT2D eigenvalue weighted by Crippen LogP contribution is 2.14. The second-order valence-corrected chi connectivity index (χ2v) is 4.55. The molecule has 2 N–H and O–H groups in total. The lowest BCUT2D eigenvalue weighted by atomic mass is 9.97. The van der Waals surface area contributed by atoms with E-state index in [-0.39, 0.29) is 5.54 Å². The third-order valence-corrected chi connectivity index (χ3v) is 2.22. The van der Waals surface area contributed by atoms with Crippen molar-refractivity contribution >= 4 is 11.6 Å². The highest BCUT2D eigenvalue weighted by Gasteiger charge is 2.09. The first-order chi connectivity index (χ1) is 5.97. The van der Waals surface area contributed by atoms with Crippen molar-refractivity contribution in [2.45, 2.75) is 32.2 Å². The highest BCUT2D eigenvalue weighted by molar-refractivity contribution is 6.30. The second-order valence-electron chi connectivity index (χ2n) is 4.12. The van der Waals surface area contributed by atoms with Gasteiger partial charge in [-0.15, -0.1) is 0 Å². The third-order valence-electron chi connectivity index (χ3n) is 1.97. The average molecular weight is 198 g/mol. The summed E-state index contributed by atoms with van der Waals surface area (Å²) in [7, 11) is 0. The van der Waals surface area contributed by atoms with Crippen molar-refractivity contribution in [1.82, 2.24) is 0 Å². The molecule has 0 spiro atoms. The number of hydrogen-bond donors (Lipinski definition) is 1. The lowest BCUT2D eigenvalue weighted by molar-refractivity contribution is 0.477. The van der Waals surface area contributed by atoms with E-state index in [1.807, 2.05) is 38.1 Å². The van der Waals surface area contributed by atoms with E-state index < -0.39 is 0 Å². The van der Waals surface area contributed by atoms with Gasteiger partial charge in [0.25, 0.3) is 0 Å². The van der Waals surface area contributed by atoms with E-state index in [4.69, 9.17) is 17.3 Å². The highest BCUT2D eigenvalue weighted by atomic mass is 35.5. The van der Waals surface area contributed by atoms with Gasteiger partial charge in [0, 0.05) is 10.6 Å². The Bertz CT molecular complexity index is 258. The van der Waals surface area contributed by atoms with Gasteiger partial charge in [-0.05, 0) is 44.4 Å². The van der Waals surface area contributed by atoms with Crippen LogP contribution >= 0.6 is 11.6 Å². The van der Waals surface area contributed by atoms with E-state index in [0.29, 0.717) is 0 Å². The average Bonchev–Trinajstić information content (AvgIpc) is 2.02. The number of nitrogens with two attached hydrogens (primary N) is 1. The molecule has 0 aromatic heterocycles. The van der Waals surface area contributed by atoms with Crippen molar-refractivity contribution in [2.24, 2.45) is 5.73 Å². The molecule has 72 valence electrons. The largest absolute Gasteiger partial charge is 0.326 e. The molecule has 0 saturated carbocycles. The number of hydrogen-bond acceptors (Lipinski definition) is 1. The van der Waals surface area contributed by atoms with Gasteiger partial charge in [0.15, 0.2) is 0 Å². The maximum Gasteiger partial charge on any atom is 0.0406 e. The molecule has 0 radical (unpaired) electrons. The summed E-state index contributed by atoms with van der Waals surface area (Å²) in [4.78, 5) is 0. The summed E-state index contributed by atoms with van der Waals surface area (Å²) < 4.78 is 0. The monoisotopic (exact) mass is 197 g/mol. The van der Waals surface area contributed by atoms with Gasteiger partial charge in [-0.1, -0.05) is 23.7 Å². The Kier molecular flexibility index (Phi) is 3.34. The van der Waals surface area contributed by atoms with E-state index in [2.05, 4.69) is 0 Å². The van der Waals surface area contributed by atoms with Crippen molar-refractivity contribution in [3.05, 3.63) is 34.9 Å².